The fraction of sp³-hybridized carbons (Fsp3) is 0.185. The van der Waals surface area contributed by atoms with Crippen LogP contribution in [0.4, 0.5) is 5.69 Å². The zero-order chi connectivity index (χ0) is 23.2. The van der Waals surface area contributed by atoms with Crippen molar-refractivity contribution in [1.82, 2.24) is 10.6 Å². The van der Waals surface area contributed by atoms with Crippen LogP contribution in [0.2, 0.25) is 0 Å². The first kappa shape index (κ1) is 22.3. The minimum absolute atomic E-state index is 0.00112. The molecule has 0 unspecified atom stereocenters. The van der Waals surface area contributed by atoms with Crippen molar-refractivity contribution in [3.63, 3.8) is 0 Å². The van der Waals surface area contributed by atoms with E-state index < -0.39 is 0 Å². The van der Waals surface area contributed by atoms with Gasteiger partial charge < -0.3 is 20.0 Å². The molecule has 0 aliphatic heterocycles. The van der Waals surface area contributed by atoms with Crippen molar-refractivity contribution >= 4 is 28.3 Å². The lowest BCUT2D eigenvalue weighted by Crippen LogP contribution is -2.37. The summed E-state index contributed by atoms with van der Waals surface area (Å²) in [5, 5.41) is 8.49. The van der Waals surface area contributed by atoms with Gasteiger partial charge in [-0.05, 0) is 53.6 Å². The second kappa shape index (κ2) is 10.1. The van der Waals surface area contributed by atoms with Crippen LogP contribution >= 0.6 is 0 Å². The average Bonchev–Trinajstić information content (AvgIpc) is 3.38. The third-order valence-electron chi connectivity index (χ3n) is 5.72. The number of nitrogens with zero attached hydrogens (tertiary/aromatic N) is 1. The molecule has 0 saturated carbocycles. The van der Waals surface area contributed by atoms with Gasteiger partial charge in [0, 0.05) is 13.1 Å². The molecule has 0 saturated heterocycles. The molecule has 1 aromatic heterocycles. The minimum atomic E-state index is -0.265. The molecule has 0 spiro atoms. The quantitative estimate of drug-likeness (QED) is 0.417. The van der Waals surface area contributed by atoms with Crippen LogP contribution < -0.4 is 15.5 Å². The standard InChI is InChI=1S/C27H27N3O3/c1-19(21-14-13-20-8-3-4-9-22(20)16-21)28-18-26(31)30(2)25-12-6-5-11-24(25)27(32)29-17-23-10-7-15-33-23/h3-16,19,28H,17-18H2,1-2H3,(H,29,32)/t19-/m0/s1. The second-order valence-corrected chi connectivity index (χ2v) is 7.94. The number of para-hydroxylation sites is 1. The van der Waals surface area contributed by atoms with Crippen molar-refractivity contribution in [2.75, 3.05) is 18.5 Å². The molecular weight excluding hydrogens is 414 g/mol. The second-order valence-electron chi connectivity index (χ2n) is 7.94. The van der Waals surface area contributed by atoms with Crippen molar-refractivity contribution < 1.29 is 14.0 Å². The number of hydrogen-bond acceptors (Lipinski definition) is 4. The highest BCUT2D eigenvalue weighted by molar-refractivity contribution is 6.05. The highest BCUT2D eigenvalue weighted by Gasteiger charge is 2.19. The van der Waals surface area contributed by atoms with Crippen LogP contribution in [0, 0.1) is 0 Å². The lowest BCUT2D eigenvalue weighted by Gasteiger charge is -2.22. The van der Waals surface area contributed by atoms with E-state index in [1.165, 1.54) is 15.7 Å². The average molecular weight is 442 g/mol. The summed E-state index contributed by atoms with van der Waals surface area (Å²) in [5.74, 6) is 0.269. The minimum Gasteiger partial charge on any atom is -0.467 e. The zero-order valence-electron chi connectivity index (χ0n) is 18.7. The molecule has 0 fully saturated rings. The molecule has 6 nitrogen and oxygen atoms in total. The molecule has 33 heavy (non-hydrogen) atoms. The van der Waals surface area contributed by atoms with Gasteiger partial charge in [0.25, 0.3) is 5.91 Å². The fourth-order valence-electron chi connectivity index (χ4n) is 3.72. The van der Waals surface area contributed by atoms with Crippen LogP contribution in [0.3, 0.4) is 0 Å². The van der Waals surface area contributed by atoms with Gasteiger partial charge in [0.2, 0.25) is 5.91 Å². The van der Waals surface area contributed by atoms with Crippen LogP contribution in [0.25, 0.3) is 10.8 Å². The summed E-state index contributed by atoms with van der Waals surface area (Å²) in [4.78, 5) is 27.2. The van der Waals surface area contributed by atoms with Gasteiger partial charge in [-0.15, -0.1) is 0 Å². The Bertz CT molecular complexity index is 1250. The SMILES string of the molecule is C[C@H](NCC(=O)N(C)c1ccccc1C(=O)NCc1ccco1)c1ccc2ccccc2c1. The highest BCUT2D eigenvalue weighted by atomic mass is 16.3. The van der Waals surface area contributed by atoms with Gasteiger partial charge in [-0.1, -0.05) is 48.5 Å². The summed E-state index contributed by atoms with van der Waals surface area (Å²) in [5.41, 5.74) is 2.10. The Hall–Kier alpha value is -3.90. The molecule has 0 aliphatic rings. The van der Waals surface area contributed by atoms with Gasteiger partial charge in [0.1, 0.15) is 5.76 Å². The van der Waals surface area contributed by atoms with Crippen LogP contribution in [0.5, 0.6) is 0 Å². The van der Waals surface area contributed by atoms with Crippen LogP contribution in [0.1, 0.15) is 34.6 Å². The molecule has 2 N–H and O–H groups in total. The van der Waals surface area contributed by atoms with E-state index in [9.17, 15) is 9.59 Å². The maximum atomic E-state index is 12.9. The molecule has 1 heterocycles. The summed E-state index contributed by atoms with van der Waals surface area (Å²) < 4.78 is 5.26. The van der Waals surface area contributed by atoms with Gasteiger partial charge >= 0.3 is 0 Å². The van der Waals surface area contributed by atoms with E-state index in [1.807, 2.05) is 25.1 Å². The van der Waals surface area contributed by atoms with Crippen LogP contribution in [-0.4, -0.2) is 25.4 Å². The van der Waals surface area contributed by atoms with Gasteiger partial charge in [-0.3, -0.25) is 9.59 Å². The third kappa shape index (κ3) is 5.30. The van der Waals surface area contributed by atoms with E-state index in [0.29, 0.717) is 17.0 Å². The summed E-state index contributed by atoms with van der Waals surface area (Å²) in [7, 11) is 1.68. The fourth-order valence-corrected chi connectivity index (χ4v) is 3.72. The number of benzene rings is 3. The molecule has 0 bridgehead atoms. The summed E-state index contributed by atoms with van der Waals surface area (Å²) in [6.45, 7) is 2.46. The van der Waals surface area contributed by atoms with Gasteiger partial charge in [0.05, 0.1) is 30.6 Å². The number of nitrogens with one attached hydrogen (secondary N) is 2. The lowest BCUT2D eigenvalue weighted by atomic mass is 10.0. The Balaban J connectivity index is 1.39. The van der Waals surface area contributed by atoms with Crippen molar-refractivity contribution in [3.05, 3.63) is 102 Å². The summed E-state index contributed by atoms with van der Waals surface area (Å²) >= 11 is 0. The first-order chi connectivity index (χ1) is 16.0. The van der Waals surface area contributed by atoms with E-state index in [1.54, 1.807) is 43.6 Å². The van der Waals surface area contributed by atoms with Crippen LogP contribution in [0.15, 0.2) is 89.5 Å². The summed E-state index contributed by atoms with van der Waals surface area (Å²) in [6, 6.07) is 25.2. The smallest absolute Gasteiger partial charge is 0.253 e. The summed E-state index contributed by atoms with van der Waals surface area (Å²) in [6.07, 6.45) is 1.56. The maximum Gasteiger partial charge on any atom is 0.253 e. The maximum absolute atomic E-state index is 12.9. The molecule has 0 radical (unpaired) electrons. The van der Waals surface area contributed by atoms with E-state index in [-0.39, 0.29) is 30.9 Å². The largest absolute Gasteiger partial charge is 0.467 e. The molecule has 168 valence electrons. The van der Waals surface area contributed by atoms with Crippen molar-refractivity contribution in [2.45, 2.75) is 19.5 Å². The highest BCUT2D eigenvalue weighted by Crippen LogP contribution is 2.22. The Morgan fingerprint density at radius 1 is 0.939 bits per heavy atom. The molecule has 3 aromatic carbocycles. The Labute approximate surface area is 193 Å². The van der Waals surface area contributed by atoms with Crippen molar-refractivity contribution in [3.8, 4) is 0 Å². The molecular formula is C27H27N3O3. The Morgan fingerprint density at radius 3 is 2.48 bits per heavy atom. The number of anilines is 1. The topological polar surface area (TPSA) is 74.6 Å². The number of carbonyl (C=O) groups excluding carboxylic acids is 2. The first-order valence-electron chi connectivity index (χ1n) is 10.9. The normalized spacial score (nSPS) is 11.8. The predicted octanol–water partition coefficient (Wildman–Crippen LogP) is 4.68. The van der Waals surface area contributed by atoms with E-state index in [2.05, 4.69) is 41.0 Å². The van der Waals surface area contributed by atoms with Crippen molar-refractivity contribution in [2.24, 2.45) is 0 Å². The number of rotatable bonds is 8. The molecule has 4 aromatic rings. The first-order valence-corrected chi connectivity index (χ1v) is 10.9. The number of amides is 2. The predicted molar refractivity (Wildman–Crippen MR) is 130 cm³/mol. The van der Waals surface area contributed by atoms with E-state index in [4.69, 9.17) is 4.42 Å². The number of carbonyl (C=O) groups is 2. The number of fused-ring (bicyclic) bond motifs is 1. The molecule has 2 amide bonds. The molecule has 4 rings (SSSR count). The number of likely N-dealkylation sites (N-methyl/N-ethyl adjacent to an activating group) is 1. The Kier molecular flexibility index (Phi) is 6.86. The molecule has 0 aliphatic carbocycles. The zero-order valence-corrected chi connectivity index (χ0v) is 18.7. The van der Waals surface area contributed by atoms with Gasteiger partial charge in [0.15, 0.2) is 0 Å². The lowest BCUT2D eigenvalue weighted by molar-refractivity contribution is -0.117. The Morgan fingerprint density at radius 2 is 1.70 bits per heavy atom. The van der Waals surface area contributed by atoms with E-state index in [0.717, 1.165) is 5.56 Å². The molecule has 1 atom stereocenters. The number of hydrogen-bond donors (Lipinski definition) is 2. The number of furan rings is 1. The van der Waals surface area contributed by atoms with E-state index >= 15 is 0 Å². The monoisotopic (exact) mass is 441 g/mol. The van der Waals surface area contributed by atoms with Crippen molar-refractivity contribution in [1.29, 1.82) is 0 Å². The van der Waals surface area contributed by atoms with Gasteiger partial charge in [-0.2, -0.15) is 0 Å². The molecule has 6 heteroatoms. The third-order valence-corrected chi connectivity index (χ3v) is 5.72. The van der Waals surface area contributed by atoms with Crippen LogP contribution in [-0.2, 0) is 11.3 Å². The van der Waals surface area contributed by atoms with Gasteiger partial charge in [-0.25, -0.2) is 0 Å².